The van der Waals surface area contributed by atoms with Crippen molar-refractivity contribution in [1.29, 1.82) is 0 Å². The average Bonchev–Trinajstić information content (AvgIpc) is 3.21. The Hall–Kier alpha value is -1.90. The molecule has 2 N–H and O–H groups in total. The molecule has 23 heavy (non-hydrogen) atoms. The number of ether oxygens (including phenoxy) is 1. The molecule has 124 valence electrons. The fraction of sp³-hybridized carbons (Fsp3) is 0.467. The Balaban J connectivity index is 1.62. The summed E-state index contributed by atoms with van der Waals surface area (Å²) in [6.07, 6.45) is 1.66. The lowest BCUT2D eigenvalue weighted by molar-refractivity contribution is 0.0122. The summed E-state index contributed by atoms with van der Waals surface area (Å²) in [5.41, 5.74) is 0. The van der Waals surface area contributed by atoms with Gasteiger partial charge in [-0.15, -0.1) is 11.3 Å². The van der Waals surface area contributed by atoms with Gasteiger partial charge in [0, 0.05) is 31.2 Å². The number of nitrogens with zero attached hydrogens (tertiary/aromatic N) is 2. The second-order valence-electron chi connectivity index (χ2n) is 5.28. The number of carbonyl (C=O) groups excluding carboxylic acids is 1. The lowest BCUT2D eigenvalue weighted by Crippen LogP contribution is -2.44. The number of aromatic nitrogens is 1. The van der Waals surface area contributed by atoms with Gasteiger partial charge in [-0.3, -0.25) is 10.2 Å². The van der Waals surface area contributed by atoms with Crippen molar-refractivity contribution >= 4 is 22.5 Å². The number of aryl methyl sites for hydroxylation is 1. The number of morpholine rings is 1. The molecule has 1 fully saturated rings. The van der Waals surface area contributed by atoms with Crippen molar-refractivity contribution in [2.24, 2.45) is 0 Å². The molecule has 0 saturated carbocycles. The van der Waals surface area contributed by atoms with Gasteiger partial charge in [-0.05, 0) is 19.1 Å². The first-order chi connectivity index (χ1) is 11.2. The highest BCUT2D eigenvalue weighted by molar-refractivity contribution is 7.13. The van der Waals surface area contributed by atoms with E-state index in [1.54, 1.807) is 6.20 Å². The Labute approximate surface area is 138 Å². The molecule has 0 aromatic carbocycles. The Morgan fingerprint density at radius 3 is 2.91 bits per heavy atom. The molecule has 0 bridgehead atoms. The van der Waals surface area contributed by atoms with Gasteiger partial charge in [-0.1, -0.05) is 0 Å². The lowest BCUT2D eigenvalue weighted by Gasteiger charge is -2.33. The van der Waals surface area contributed by atoms with Gasteiger partial charge in [0.05, 0.1) is 19.3 Å². The Morgan fingerprint density at radius 1 is 1.43 bits per heavy atom. The molecule has 8 heteroatoms. The van der Waals surface area contributed by atoms with Gasteiger partial charge in [0.15, 0.2) is 5.13 Å². The topological polar surface area (TPSA) is 79.6 Å². The van der Waals surface area contributed by atoms with E-state index in [-0.39, 0.29) is 12.1 Å². The number of hydrogen-bond donors (Lipinski definition) is 2. The van der Waals surface area contributed by atoms with Crippen LogP contribution in [0.25, 0.3) is 0 Å². The highest BCUT2D eigenvalue weighted by Crippen LogP contribution is 2.23. The molecule has 1 aliphatic rings. The molecule has 1 unspecified atom stereocenters. The molecule has 0 radical (unpaired) electrons. The molecule has 3 rings (SSSR count). The van der Waals surface area contributed by atoms with E-state index in [4.69, 9.17) is 9.15 Å². The van der Waals surface area contributed by atoms with Gasteiger partial charge in [-0.25, -0.2) is 9.78 Å². The van der Waals surface area contributed by atoms with Crippen LogP contribution in [0, 0.1) is 6.92 Å². The van der Waals surface area contributed by atoms with Crippen molar-refractivity contribution in [3.8, 4) is 0 Å². The van der Waals surface area contributed by atoms with E-state index in [2.05, 4.69) is 20.5 Å². The standard InChI is InChI=1S/C15H20N4O3S/c1-11-2-3-13(22-11)12(19-5-7-21-8-6-19)10-17-14(20)18-15-16-4-9-23-15/h2-4,9,12H,5-8,10H2,1H3,(H2,16,17,18,20). The molecular formula is C15H20N4O3S. The van der Waals surface area contributed by atoms with Gasteiger partial charge in [0.2, 0.25) is 0 Å². The molecule has 1 atom stereocenters. The number of hydrogen-bond acceptors (Lipinski definition) is 6. The zero-order valence-electron chi connectivity index (χ0n) is 12.9. The van der Waals surface area contributed by atoms with E-state index in [9.17, 15) is 4.79 Å². The minimum Gasteiger partial charge on any atom is -0.465 e. The maximum atomic E-state index is 12.0. The number of thiazole rings is 1. The van der Waals surface area contributed by atoms with Crippen LogP contribution < -0.4 is 10.6 Å². The molecule has 0 aliphatic carbocycles. The van der Waals surface area contributed by atoms with Gasteiger partial charge in [-0.2, -0.15) is 0 Å². The minimum atomic E-state index is -0.263. The largest absolute Gasteiger partial charge is 0.465 e. The number of rotatable bonds is 5. The van der Waals surface area contributed by atoms with Crippen LogP contribution in [0.5, 0.6) is 0 Å². The van der Waals surface area contributed by atoms with E-state index in [1.807, 2.05) is 24.4 Å². The van der Waals surface area contributed by atoms with Crippen molar-refractivity contribution in [3.05, 3.63) is 35.2 Å². The second-order valence-corrected chi connectivity index (χ2v) is 6.18. The molecule has 1 aliphatic heterocycles. The van der Waals surface area contributed by atoms with Crippen molar-refractivity contribution in [1.82, 2.24) is 15.2 Å². The molecule has 0 spiro atoms. The Kier molecular flexibility index (Phi) is 5.27. The monoisotopic (exact) mass is 336 g/mol. The zero-order chi connectivity index (χ0) is 16.1. The molecular weight excluding hydrogens is 316 g/mol. The highest BCUT2D eigenvalue weighted by Gasteiger charge is 2.25. The number of carbonyl (C=O) groups is 1. The SMILES string of the molecule is Cc1ccc(C(CNC(=O)Nc2nccs2)N2CCOCC2)o1. The molecule has 2 aromatic rings. The molecule has 1 saturated heterocycles. The van der Waals surface area contributed by atoms with Gasteiger partial charge in [0.25, 0.3) is 0 Å². The lowest BCUT2D eigenvalue weighted by atomic mass is 10.1. The second kappa shape index (κ2) is 7.58. The van der Waals surface area contributed by atoms with E-state index in [0.717, 1.165) is 24.6 Å². The van der Waals surface area contributed by atoms with Crippen molar-refractivity contribution in [2.45, 2.75) is 13.0 Å². The molecule has 2 amide bonds. The zero-order valence-corrected chi connectivity index (χ0v) is 13.8. The van der Waals surface area contributed by atoms with Crippen LogP contribution in [0.4, 0.5) is 9.93 Å². The van der Waals surface area contributed by atoms with Crippen LogP contribution in [0.3, 0.4) is 0 Å². The highest BCUT2D eigenvalue weighted by atomic mass is 32.1. The third-order valence-electron chi connectivity index (χ3n) is 3.68. The summed E-state index contributed by atoms with van der Waals surface area (Å²) in [7, 11) is 0. The van der Waals surface area contributed by atoms with E-state index in [1.165, 1.54) is 11.3 Å². The van der Waals surface area contributed by atoms with Crippen LogP contribution in [0.15, 0.2) is 28.1 Å². The van der Waals surface area contributed by atoms with Crippen LogP contribution >= 0.6 is 11.3 Å². The summed E-state index contributed by atoms with van der Waals surface area (Å²) in [5, 5.41) is 8.02. The summed E-state index contributed by atoms with van der Waals surface area (Å²) in [6.45, 7) is 5.41. The summed E-state index contributed by atoms with van der Waals surface area (Å²) < 4.78 is 11.2. The van der Waals surface area contributed by atoms with Gasteiger partial charge in [0.1, 0.15) is 11.5 Å². The summed E-state index contributed by atoms with van der Waals surface area (Å²) >= 11 is 1.38. The minimum absolute atomic E-state index is 0.00496. The van der Waals surface area contributed by atoms with E-state index < -0.39 is 0 Å². The van der Waals surface area contributed by atoms with E-state index in [0.29, 0.717) is 24.9 Å². The Morgan fingerprint density at radius 2 is 2.26 bits per heavy atom. The predicted molar refractivity (Wildman–Crippen MR) is 87.7 cm³/mol. The summed E-state index contributed by atoms with van der Waals surface area (Å²) in [5.74, 6) is 1.73. The van der Waals surface area contributed by atoms with Crippen LogP contribution in [-0.4, -0.2) is 48.8 Å². The summed E-state index contributed by atoms with van der Waals surface area (Å²) in [4.78, 5) is 18.3. The average molecular weight is 336 g/mol. The third kappa shape index (κ3) is 4.31. The number of urea groups is 1. The fourth-order valence-corrected chi connectivity index (χ4v) is 3.07. The fourth-order valence-electron chi connectivity index (χ4n) is 2.55. The first-order valence-corrected chi connectivity index (χ1v) is 8.43. The maximum absolute atomic E-state index is 12.0. The number of nitrogens with one attached hydrogen (secondary N) is 2. The molecule has 3 heterocycles. The smallest absolute Gasteiger partial charge is 0.321 e. The number of furan rings is 1. The number of amides is 2. The summed E-state index contributed by atoms with van der Waals surface area (Å²) in [6, 6.07) is 3.64. The van der Waals surface area contributed by atoms with E-state index >= 15 is 0 Å². The van der Waals surface area contributed by atoms with Crippen molar-refractivity contribution in [3.63, 3.8) is 0 Å². The quantitative estimate of drug-likeness (QED) is 0.875. The van der Waals surface area contributed by atoms with Crippen LogP contribution in [-0.2, 0) is 4.74 Å². The Bertz CT molecular complexity index is 622. The number of anilines is 1. The normalized spacial score (nSPS) is 16.9. The van der Waals surface area contributed by atoms with Gasteiger partial charge >= 0.3 is 6.03 Å². The third-order valence-corrected chi connectivity index (χ3v) is 4.37. The van der Waals surface area contributed by atoms with Crippen molar-refractivity contribution in [2.75, 3.05) is 38.2 Å². The first-order valence-electron chi connectivity index (χ1n) is 7.55. The molecule has 7 nitrogen and oxygen atoms in total. The van der Waals surface area contributed by atoms with Crippen molar-refractivity contribution < 1.29 is 13.9 Å². The van der Waals surface area contributed by atoms with Crippen LogP contribution in [0.2, 0.25) is 0 Å². The van der Waals surface area contributed by atoms with Gasteiger partial charge < -0.3 is 14.5 Å². The van der Waals surface area contributed by atoms with Crippen LogP contribution in [0.1, 0.15) is 17.6 Å². The maximum Gasteiger partial charge on any atom is 0.321 e. The first kappa shape index (κ1) is 16.0. The predicted octanol–water partition coefficient (Wildman–Crippen LogP) is 2.24. The molecule has 2 aromatic heterocycles.